The summed E-state index contributed by atoms with van der Waals surface area (Å²) in [5.74, 6) is 0.207. The van der Waals surface area contributed by atoms with Crippen LogP contribution in [0.2, 0.25) is 0 Å². The maximum absolute atomic E-state index is 12.0. The van der Waals surface area contributed by atoms with Crippen molar-refractivity contribution in [3.63, 3.8) is 0 Å². The SMILES string of the molecule is CN(CCCC(=O)c1ccccc1)CC1(O)CCCC1. The maximum atomic E-state index is 12.0. The first-order valence-corrected chi connectivity index (χ1v) is 7.58. The van der Waals surface area contributed by atoms with Gasteiger partial charge in [0.1, 0.15) is 0 Å². The highest BCUT2D eigenvalue weighted by Gasteiger charge is 2.31. The number of rotatable bonds is 7. The quantitative estimate of drug-likeness (QED) is 0.778. The normalized spacial score (nSPS) is 17.6. The van der Waals surface area contributed by atoms with E-state index in [0.29, 0.717) is 6.42 Å². The van der Waals surface area contributed by atoms with Gasteiger partial charge in [-0.15, -0.1) is 0 Å². The molecule has 0 saturated heterocycles. The predicted octanol–water partition coefficient (Wildman–Crippen LogP) is 2.89. The molecule has 1 aliphatic carbocycles. The van der Waals surface area contributed by atoms with E-state index >= 15 is 0 Å². The fourth-order valence-corrected chi connectivity index (χ4v) is 3.05. The van der Waals surface area contributed by atoms with E-state index in [-0.39, 0.29) is 5.78 Å². The van der Waals surface area contributed by atoms with Gasteiger partial charge in [0.25, 0.3) is 0 Å². The smallest absolute Gasteiger partial charge is 0.162 e. The van der Waals surface area contributed by atoms with E-state index in [1.165, 1.54) is 0 Å². The number of benzene rings is 1. The van der Waals surface area contributed by atoms with Crippen molar-refractivity contribution >= 4 is 5.78 Å². The molecule has 0 radical (unpaired) electrons. The monoisotopic (exact) mass is 275 g/mol. The Morgan fingerprint density at radius 3 is 2.55 bits per heavy atom. The minimum Gasteiger partial charge on any atom is -0.389 e. The zero-order valence-corrected chi connectivity index (χ0v) is 12.3. The van der Waals surface area contributed by atoms with Crippen molar-refractivity contribution in [3.05, 3.63) is 35.9 Å². The zero-order valence-electron chi connectivity index (χ0n) is 12.3. The Labute approximate surface area is 121 Å². The molecule has 0 bridgehead atoms. The summed E-state index contributed by atoms with van der Waals surface area (Å²) in [5, 5.41) is 10.3. The molecule has 1 saturated carbocycles. The number of ketones is 1. The Morgan fingerprint density at radius 1 is 1.25 bits per heavy atom. The van der Waals surface area contributed by atoms with Crippen molar-refractivity contribution in [2.45, 2.75) is 44.1 Å². The first-order valence-electron chi connectivity index (χ1n) is 7.58. The van der Waals surface area contributed by atoms with Crippen LogP contribution >= 0.6 is 0 Å². The van der Waals surface area contributed by atoms with Gasteiger partial charge in [-0.1, -0.05) is 43.2 Å². The summed E-state index contributed by atoms with van der Waals surface area (Å²) in [7, 11) is 2.03. The van der Waals surface area contributed by atoms with Crippen molar-refractivity contribution < 1.29 is 9.90 Å². The third-order valence-electron chi connectivity index (χ3n) is 4.14. The number of carbonyl (C=O) groups is 1. The van der Waals surface area contributed by atoms with E-state index in [2.05, 4.69) is 4.90 Å². The van der Waals surface area contributed by atoms with Crippen molar-refractivity contribution in [2.75, 3.05) is 20.1 Å². The lowest BCUT2D eigenvalue weighted by Crippen LogP contribution is -2.39. The summed E-state index contributed by atoms with van der Waals surface area (Å²) in [6, 6.07) is 9.46. The number of aliphatic hydroxyl groups is 1. The zero-order chi connectivity index (χ0) is 14.4. The summed E-state index contributed by atoms with van der Waals surface area (Å²) in [4.78, 5) is 14.1. The van der Waals surface area contributed by atoms with Gasteiger partial charge in [-0.3, -0.25) is 4.79 Å². The highest BCUT2D eigenvalue weighted by atomic mass is 16.3. The molecule has 0 heterocycles. The number of carbonyl (C=O) groups excluding carboxylic acids is 1. The van der Waals surface area contributed by atoms with Crippen LogP contribution in [0.3, 0.4) is 0 Å². The molecule has 0 unspecified atom stereocenters. The Kier molecular flexibility index (Phi) is 5.32. The minimum atomic E-state index is -0.488. The number of hydrogen-bond donors (Lipinski definition) is 1. The molecule has 0 amide bonds. The first-order chi connectivity index (χ1) is 9.59. The number of hydrogen-bond acceptors (Lipinski definition) is 3. The highest BCUT2D eigenvalue weighted by Crippen LogP contribution is 2.29. The van der Waals surface area contributed by atoms with Gasteiger partial charge < -0.3 is 10.0 Å². The Balaban J connectivity index is 1.69. The van der Waals surface area contributed by atoms with Gasteiger partial charge >= 0.3 is 0 Å². The van der Waals surface area contributed by atoms with Crippen LogP contribution in [0, 0.1) is 0 Å². The van der Waals surface area contributed by atoms with E-state index < -0.39 is 5.60 Å². The van der Waals surface area contributed by atoms with Gasteiger partial charge in [0.2, 0.25) is 0 Å². The third-order valence-corrected chi connectivity index (χ3v) is 4.14. The molecule has 1 aromatic carbocycles. The molecule has 1 aliphatic rings. The molecule has 3 heteroatoms. The lowest BCUT2D eigenvalue weighted by Gasteiger charge is -2.28. The average Bonchev–Trinajstić information content (AvgIpc) is 2.86. The van der Waals surface area contributed by atoms with Crippen LogP contribution < -0.4 is 0 Å². The molecule has 0 atom stereocenters. The Bertz CT molecular complexity index is 424. The molecule has 20 heavy (non-hydrogen) atoms. The second kappa shape index (κ2) is 7.00. The van der Waals surface area contributed by atoms with Gasteiger partial charge in [-0.05, 0) is 32.9 Å². The second-order valence-electron chi connectivity index (χ2n) is 6.06. The van der Waals surface area contributed by atoms with E-state index in [9.17, 15) is 9.90 Å². The number of nitrogens with zero attached hydrogens (tertiary/aromatic N) is 1. The van der Waals surface area contributed by atoms with Crippen LogP contribution in [0.4, 0.5) is 0 Å². The fourth-order valence-electron chi connectivity index (χ4n) is 3.05. The molecule has 1 aromatic rings. The lowest BCUT2D eigenvalue weighted by molar-refractivity contribution is 0.0162. The summed E-state index contributed by atoms with van der Waals surface area (Å²) in [6.07, 6.45) is 5.53. The van der Waals surface area contributed by atoms with Gasteiger partial charge in [0.05, 0.1) is 5.60 Å². The molecule has 1 N–H and O–H groups in total. The van der Waals surface area contributed by atoms with Crippen molar-refractivity contribution in [1.29, 1.82) is 0 Å². The molecule has 110 valence electrons. The Hall–Kier alpha value is -1.19. The molecule has 3 nitrogen and oxygen atoms in total. The van der Waals surface area contributed by atoms with E-state index in [4.69, 9.17) is 0 Å². The standard InChI is InChI=1S/C17H25NO2/c1-18(14-17(20)11-5-6-12-17)13-7-10-16(19)15-8-3-2-4-9-15/h2-4,8-9,20H,5-7,10-14H2,1H3. The molecular formula is C17H25NO2. The number of Topliss-reactive ketones (excluding diaryl/α,β-unsaturated/α-hetero) is 1. The largest absolute Gasteiger partial charge is 0.389 e. The van der Waals surface area contributed by atoms with Crippen LogP contribution in [-0.2, 0) is 0 Å². The molecule has 2 rings (SSSR count). The van der Waals surface area contributed by atoms with Crippen LogP contribution in [0.1, 0.15) is 48.9 Å². The first kappa shape index (κ1) is 15.2. The van der Waals surface area contributed by atoms with E-state index in [1.54, 1.807) is 0 Å². The molecule has 0 aromatic heterocycles. The van der Waals surface area contributed by atoms with Crippen LogP contribution in [-0.4, -0.2) is 41.5 Å². The van der Waals surface area contributed by atoms with E-state index in [1.807, 2.05) is 37.4 Å². The van der Waals surface area contributed by atoms with Crippen molar-refractivity contribution in [3.8, 4) is 0 Å². The highest BCUT2D eigenvalue weighted by molar-refractivity contribution is 5.95. The van der Waals surface area contributed by atoms with E-state index in [0.717, 1.165) is 50.8 Å². The molecule has 0 aliphatic heterocycles. The Morgan fingerprint density at radius 2 is 1.90 bits per heavy atom. The molecule has 1 fully saturated rings. The second-order valence-corrected chi connectivity index (χ2v) is 6.06. The minimum absolute atomic E-state index is 0.207. The van der Waals surface area contributed by atoms with Crippen molar-refractivity contribution in [1.82, 2.24) is 4.90 Å². The van der Waals surface area contributed by atoms with Gasteiger partial charge in [-0.25, -0.2) is 0 Å². The third kappa shape index (κ3) is 4.43. The molecule has 0 spiro atoms. The summed E-state index contributed by atoms with van der Waals surface area (Å²) < 4.78 is 0. The lowest BCUT2D eigenvalue weighted by atomic mass is 10.0. The van der Waals surface area contributed by atoms with Gasteiger partial charge in [0.15, 0.2) is 5.78 Å². The predicted molar refractivity (Wildman–Crippen MR) is 80.9 cm³/mol. The maximum Gasteiger partial charge on any atom is 0.162 e. The van der Waals surface area contributed by atoms with Crippen LogP contribution in [0.5, 0.6) is 0 Å². The van der Waals surface area contributed by atoms with Crippen LogP contribution in [0.15, 0.2) is 30.3 Å². The fraction of sp³-hybridized carbons (Fsp3) is 0.588. The van der Waals surface area contributed by atoms with Crippen molar-refractivity contribution in [2.24, 2.45) is 0 Å². The molecular weight excluding hydrogens is 250 g/mol. The number of likely N-dealkylation sites (N-methyl/N-ethyl adjacent to an activating group) is 1. The van der Waals surface area contributed by atoms with Crippen LogP contribution in [0.25, 0.3) is 0 Å². The average molecular weight is 275 g/mol. The summed E-state index contributed by atoms with van der Waals surface area (Å²) in [5.41, 5.74) is 0.308. The topological polar surface area (TPSA) is 40.5 Å². The van der Waals surface area contributed by atoms with Gasteiger partial charge in [0, 0.05) is 18.5 Å². The van der Waals surface area contributed by atoms with Gasteiger partial charge in [-0.2, -0.15) is 0 Å². The summed E-state index contributed by atoms with van der Waals surface area (Å²) in [6.45, 7) is 1.59. The summed E-state index contributed by atoms with van der Waals surface area (Å²) >= 11 is 0.